The number of hydrogen-bond donors (Lipinski definition) is 0. The van der Waals surface area contributed by atoms with Gasteiger partial charge in [0.2, 0.25) is 30.1 Å². The van der Waals surface area contributed by atoms with Crippen molar-refractivity contribution in [2.75, 3.05) is 0 Å². The number of nitrogens with zero attached hydrogens (tertiary/aromatic N) is 3. The Morgan fingerprint density at radius 1 is 0.408 bits per heavy atom. The first kappa shape index (κ1) is 36.7. The van der Waals surface area contributed by atoms with Crippen LogP contribution in [0.15, 0.2) is 58.3 Å². The van der Waals surface area contributed by atoms with Gasteiger partial charge < -0.3 is 0 Å². The van der Waals surface area contributed by atoms with Crippen LogP contribution in [0.1, 0.15) is 44.5 Å². The normalized spacial score (nSPS) is 20.0. The van der Waals surface area contributed by atoms with Crippen LogP contribution in [0.4, 0.5) is 0 Å². The molecule has 10 radical (unpaired) electrons. The third-order valence-corrected chi connectivity index (χ3v) is 14.8. The third kappa shape index (κ3) is 6.82. The van der Waals surface area contributed by atoms with Crippen LogP contribution < -0.4 is 0 Å². The number of sulfonamides is 3. The van der Waals surface area contributed by atoms with Gasteiger partial charge in [0.25, 0.3) is 0 Å². The van der Waals surface area contributed by atoms with Gasteiger partial charge in [0.05, 0.1) is 9.79 Å². The van der Waals surface area contributed by atoms with Crippen molar-refractivity contribution in [3.63, 3.8) is 0 Å². The van der Waals surface area contributed by atoms with E-state index in [1.807, 2.05) is 46.0 Å². The van der Waals surface area contributed by atoms with Gasteiger partial charge in [-0.1, -0.05) is 35.4 Å². The first-order chi connectivity index (χ1) is 22.9. The van der Waals surface area contributed by atoms with Crippen molar-refractivity contribution >= 4 is 30.1 Å². The van der Waals surface area contributed by atoms with Crippen LogP contribution in [0.5, 0.6) is 0 Å². The molecule has 5 aliphatic rings. The van der Waals surface area contributed by atoms with Gasteiger partial charge in [0.15, 0.2) is 0 Å². The van der Waals surface area contributed by atoms with E-state index in [1.165, 1.54) is 12.9 Å². The number of aryl methyl sites for hydroxylation is 2. The number of hydrogen-bond acceptors (Lipinski definition) is 6. The number of rotatable bonds is 6. The molecule has 0 aromatic heterocycles. The second-order valence-corrected chi connectivity index (χ2v) is 18.2. The van der Waals surface area contributed by atoms with E-state index in [0.717, 1.165) is 44.5 Å². The van der Waals surface area contributed by atoms with Crippen molar-refractivity contribution < 1.29 is 42.3 Å². The second kappa shape index (κ2) is 14.1. The average Bonchev–Trinajstić information content (AvgIpc) is 3.90. The van der Waals surface area contributed by atoms with Crippen LogP contribution >= 0.6 is 0 Å². The van der Waals surface area contributed by atoms with Gasteiger partial charge in [-0.3, -0.25) is 0 Å². The Labute approximate surface area is 302 Å². The van der Waals surface area contributed by atoms with Crippen molar-refractivity contribution in [1.29, 1.82) is 0 Å². The summed E-state index contributed by atoms with van der Waals surface area (Å²) < 4.78 is 86.3. The zero-order chi connectivity index (χ0) is 33.8. The molecular weight excluding hydrogens is 722 g/mol. The van der Waals surface area contributed by atoms with Gasteiger partial charge in [-0.25, -0.2) is 25.3 Å². The third-order valence-electron chi connectivity index (χ3n) is 9.34. The average molecular weight is 758 g/mol. The molecule has 9 nitrogen and oxygen atoms in total. The van der Waals surface area contributed by atoms with Crippen LogP contribution in [-0.4, -0.2) is 38.2 Å². The molecule has 0 spiro atoms. The zero-order valence-corrected chi connectivity index (χ0v) is 30.5. The van der Waals surface area contributed by atoms with Crippen LogP contribution in [0.25, 0.3) is 0 Å². The van der Waals surface area contributed by atoms with Crippen LogP contribution in [0.2, 0.25) is 0 Å². The van der Waals surface area contributed by atoms with Crippen molar-refractivity contribution in [2.24, 2.45) is 0 Å². The molecule has 8 rings (SSSR count). The van der Waals surface area contributed by atoms with Crippen LogP contribution in [-0.2, 0) is 86.4 Å². The summed E-state index contributed by atoms with van der Waals surface area (Å²) in [7, 11) is -11.5. The van der Waals surface area contributed by atoms with E-state index in [9.17, 15) is 25.3 Å². The minimum atomic E-state index is -3.85. The van der Waals surface area contributed by atoms with Crippen molar-refractivity contribution in [2.45, 2.75) is 62.9 Å². The fourth-order valence-corrected chi connectivity index (χ4v) is 10.8. The Bertz CT molecular complexity index is 1910. The molecule has 0 saturated heterocycles. The Morgan fingerprint density at radius 2 is 0.673 bits per heavy atom. The van der Waals surface area contributed by atoms with E-state index in [-0.39, 0.29) is 71.4 Å². The van der Waals surface area contributed by atoms with Gasteiger partial charge in [-0.15, -0.1) is 0 Å². The minimum absolute atomic E-state index is 0. The molecule has 254 valence electrons. The monoisotopic (exact) mass is 757 g/mol. The number of fused-ring (bicyclic) bond motifs is 6. The molecule has 3 aliphatic heterocycles. The van der Waals surface area contributed by atoms with Crippen LogP contribution in [0, 0.1) is 76.9 Å². The molecule has 3 aromatic rings. The summed E-state index contributed by atoms with van der Waals surface area (Å²) in [5.74, 6) is 0. The van der Waals surface area contributed by atoms with Gasteiger partial charge >= 0.3 is 17.1 Å². The Morgan fingerprint density at radius 3 is 0.959 bits per heavy atom. The maximum atomic E-state index is 13.7. The molecule has 49 heavy (non-hydrogen) atoms. The second-order valence-electron chi connectivity index (χ2n) is 12.4. The summed E-state index contributed by atoms with van der Waals surface area (Å²) in [4.78, 5) is 0.367. The van der Waals surface area contributed by atoms with Crippen LogP contribution in [0.3, 0.4) is 0 Å². The van der Waals surface area contributed by atoms with Gasteiger partial charge in [0.1, 0.15) is 5.25 Å². The molecule has 0 amide bonds. The predicted octanol–water partition coefficient (Wildman–Crippen LogP) is 4.74. The number of benzene rings is 3. The molecule has 2 aliphatic carbocycles. The Kier molecular flexibility index (Phi) is 10.6. The molecule has 2 saturated carbocycles. The Hall–Kier alpha value is -2.09. The van der Waals surface area contributed by atoms with Gasteiger partial charge in [0, 0.05) is 39.3 Å². The fourth-order valence-electron chi connectivity index (χ4n) is 6.69. The van der Waals surface area contributed by atoms with Crippen molar-refractivity contribution in [3.05, 3.63) is 156 Å². The van der Waals surface area contributed by atoms with E-state index >= 15 is 0 Å². The molecule has 0 unspecified atom stereocenters. The smallest absolute Gasteiger partial charge is 0.212 e. The SMILES string of the molecule is Cc1ccc(S(=O)(=O)N2Cc3c4c(c5c(c3C2)CN(S(=O)(=O)c2ccc(C)cc2)C5)CN(S(=O)(=O)[C]2[CH][CH][CH][CH]2)C4)cc1.[CH]1[CH][CH][CH][CH]1.[Fe+2]. The largest absolute Gasteiger partial charge is 2.00 e. The van der Waals surface area contributed by atoms with E-state index in [1.54, 1.807) is 74.2 Å². The Balaban J connectivity index is 0.000000639. The zero-order valence-electron chi connectivity index (χ0n) is 26.9. The van der Waals surface area contributed by atoms with E-state index in [2.05, 4.69) is 0 Å². The fraction of sp³-hybridized carbons (Fsp3) is 0.222. The van der Waals surface area contributed by atoms with E-state index in [4.69, 9.17) is 0 Å². The van der Waals surface area contributed by atoms with E-state index < -0.39 is 30.1 Å². The summed E-state index contributed by atoms with van der Waals surface area (Å²) in [6.45, 7) is 4.35. The predicted molar refractivity (Wildman–Crippen MR) is 182 cm³/mol. The maximum absolute atomic E-state index is 13.7. The molecule has 13 heteroatoms. The molecular formula is C36H35FeN3O6S3+2. The summed E-state index contributed by atoms with van der Waals surface area (Å²) in [6, 6.07) is 13.4. The van der Waals surface area contributed by atoms with Gasteiger partial charge in [-0.2, -0.15) is 12.9 Å². The quantitative estimate of drug-likeness (QED) is 0.336. The maximum Gasteiger partial charge on any atom is 2.00 e. The topological polar surface area (TPSA) is 112 Å². The van der Waals surface area contributed by atoms with Gasteiger partial charge in [-0.05, 0) is 129 Å². The summed E-state index contributed by atoms with van der Waals surface area (Å²) in [5.41, 5.74) is 6.55. The molecule has 0 atom stereocenters. The van der Waals surface area contributed by atoms with Crippen molar-refractivity contribution in [1.82, 2.24) is 12.9 Å². The minimum Gasteiger partial charge on any atom is -0.212 e. The molecule has 3 heterocycles. The van der Waals surface area contributed by atoms with E-state index in [0.29, 0.717) is 0 Å². The molecule has 0 N–H and O–H groups in total. The summed E-state index contributed by atoms with van der Waals surface area (Å²) in [6.07, 6.45) is 16.5. The first-order valence-corrected chi connectivity index (χ1v) is 19.9. The molecule has 0 bridgehead atoms. The summed E-state index contributed by atoms with van der Waals surface area (Å²) >= 11 is 0. The first-order valence-electron chi connectivity index (χ1n) is 15.6. The molecule has 2 fully saturated rings. The molecule has 3 aromatic carbocycles. The summed E-state index contributed by atoms with van der Waals surface area (Å²) in [5, 5.41) is 0.195. The standard InChI is InChI=1S/C31H30N3O6S3.C5H5.Fe/c1-21-7-11-24(12-8-21)42(37,38)33-17-28-26-15-32(41(35,36)23-5-3-4-6-23)16-27(26)29-18-34(20-31(29)30(28)19-33)43(39,40)25-13-9-22(2)10-14-25;1-2-4-5-3-1;/h3-14H,15-20H2,1-2H3;1-5H;/q;;+2. The van der Waals surface area contributed by atoms with Crippen molar-refractivity contribution in [3.8, 4) is 0 Å².